The molecule has 11 heteroatoms. The van der Waals surface area contributed by atoms with Crippen molar-refractivity contribution in [2.24, 2.45) is 7.05 Å². The van der Waals surface area contributed by atoms with Crippen LogP contribution in [0.5, 0.6) is 5.75 Å². The van der Waals surface area contributed by atoms with Gasteiger partial charge in [0.15, 0.2) is 11.0 Å². The summed E-state index contributed by atoms with van der Waals surface area (Å²) in [4.78, 5) is 36.5. The number of aromatic nitrogens is 3. The first-order valence-corrected chi connectivity index (χ1v) is 12.2. The molecule has 10 nitrogen and oxygen atoms in total. The summed E-state index contributed by atoms with van der Waals surface area (Å²) >= 11 is 1.21. The number of unbranched alkanes of at least 4 members (excludes halogenated alkanes) is 1. The van der Waals surface area contributed by atoms with E-state index in [2.05, 4.69) is 22.4 Å². The predicted octanol–water partition coefficient (Wildman–Crippen LogP) is 3.97. The van der Waals surface area contributed by atoms with Crippen molar-refractivity contribution in [3.05, 3.63) is 53.6 Å². The van der Waals surface area contributed by atoms with Crippen molar-refractivity contribution < 1.29 is 28.6 Å². The Morgan fingerprint density at radius 3 is 2.19 bits per heavy atom. The number of carbonyl (C=O) groups excluding carboxylic acids is 3. The third-order valence-electron chi connectivity index (χ3n) is 5.11. The van der Waals surface area contributed by atoms with Gasteiger partial charge in [-0.15, -0.1) is 10.2 Å². The van der Waals surface area contributed by atoms with Gasteiger partial charge in [0.1, 0.15) is 5.75 Å². The van der Waals surface area contributed by atoms with Crippen LogP contribution in [0.25, 0.3) is 11.4 Å². The second-order valence-electron chi connectivity index (χ2n) is 7.71. The summed E-state index contributed by atoms with van der Waals surface area (Å²) in [5.41, 5.74) is 1.37. The number of methoxy groups -OCH3 is 2. The van der Waals surface area contributed by atoms with Crippen LogP contribution in [0.4, 0.5) is 5.69 Å². The van der Waals surface area contributed by atoms with Crippen LogP contribution in [0.2, 0.25) is 0 Å². The van der Waals surface area contributed by atoms with Crippen molar-refractivity contribution in [2.75, 3.05) is 31.9 Å². The highest BCUT2D eigenvalue weighted by molar-refractivity contribution is 7.99. The van der Waals surface area contributed by atoms with Gasteiger partial charge in [0.25, 0.3) is 0 Å². The summed E-state index contributed by atoms with van der Waals surface area (Å²) in [7, 11) is 4.28. The number of esters is 2. The van der Waals surface area contributed by atoms with E-state index in [-0.39, 0.29) is 28.5 Å². The molecule has 0 aliphatic heterocycles. The molecule has 3 rings (SSSR count). The summed E-state index contributed by atoms with van der Waals surface area (Å²) in [6, 6.07) is 11.8. The Kier molecular flexibility index (Phi) is 9.46. The fourth-order valence-electron chi connectivity index (χ4n) is 3.22. The summed E-state index contributed by atoms with van der Waals surface area (Å²) in [6.07, 6.45) is 2.08. The highest BCUT2D eigenvalue weighted by Gasteiger charge is 2.17. The molecule has 0 spiro atoms. The summed E-state index contributed by atoms with van der Waals surface area (Å²) in [5.74, 6) is -0.142. The van der Waals surface area contributed by atoms with Crippen LogP contribution in [-0.2, 0) is 21.3 Å². The van der Waals surface area contributed by atoms with E-state index >= 15 is 0 Å². The smallest absolute Gasteiger partial charge is 0.337 e. The first-order valence-electron chi connectivity index (χ1n) is 11.2. The molecule has 1 N–H and O–H groups in total. The van der Waals surface area contributed by atoms with Gasteiger partial charge in [-0.1, -0.05) is 25.1 Å². The Bertz CT molecular complexity index is 1190. The van der Waals surface area contributed by atoms with Crippen molar-refractivity contribution in [2.45, 2.75) is 24.9 Å². The molecule has 0 saturated carbocycles. The molecule has 0 radical (unpaired) electrons. The normalized spacial score (nSPS) is 10.6. The zero-order valence-corrected chi connectivity index (χ0v) is 21.4. The van der Waals surface area contributed by atoms with Crippen LogP contribution in [-0.4, -0.2) is 59.2 Å². The number of thioether (sulfide) groups is 1. The standard InChI is InChI=1S/C25H28N4O6S/c1-5-6-11-35-20-9-7-16(8-10-20)22-27-28-25(29(22)2)36-15-21(30)26-19-13-17(23(31)33-3)12-18(14-19)24(32)34-4/h7-10,12-14H,5-6,11,15H2,1-4H3,(H,26,30). The van der Waals surface area contributed by atoms with E-state index in [0.717, 1.165) is 24.2 Å². The van der Waals surface area contributed by atoms with Gasteiger partial charge in [0.2, 0.25) is 5.91 Å². The van der Waals surface area contributed by atoms with Gasteiger partial charge in [0.05, 0.1) is 37.7 Å². The Labute approximate surface area is 213 Å². The third-order valence-corrected chi connectivity index (χ3v) is 6.13. The van der Waals surface area contributed by atoms with Crippen molar-refractivity contribution in [3.8, 4) is 17.1 Å². The molecule has 0 saturated heterocycles. The Morgan fingerprint density at radius 2 is 1.61 bits per heavy atom. The second kappa shape index (κ2) is 12.7. The molecule has 0 fully saturated rings. The van der Waals surface area contributed by atoms with Crippen LogP contribution in [0, 0.1) is 0 Å². The molecule has 0 atom stereocenters. The van der Waals surface area contributed by atoms with Crippen LogP contribution in [0.15, 0.2) is 47.6 Å². The molecule has 0 aliphatic rings. The molecule has 36 heavy (non-hydrogen) atoms. The maximum absolute atomic E-state index is 12.6. The number of ether oxygens (including phenoxy) is 3. The maximum Gasteiger partial charge on any atom is 0.337 e. The van der Waals surface area contributed by atoms with E-state index in [1.54, 1.807) is 4.57 Å². The van der Waals surface area contributed by atoms with Gasteiger partial charge in [-0.2, -0.15) is 0 Å². The van der Waals surface area contributed by atoms with E-state index in [1.807, 2.05) is 31.3 Å². The number of hydrogen-bond acceptors (Lipinski definition) is 9. The van der Waals surface area contributed by atoms with Gasteiger partial charge in [-0.3, -0.25) is 4.79 Å². The summed E-state index contributed by atoms with van der Waals surface area (Å²) < 4.78 is 16.9. The van der Waals surface area contributed by atoms with Gasteiger partial charge in [0, 0.05) is 18.3 Å². The molecule has 2 aromatic carbocycles. The maximum atomic E-state index is 12.6. The molecule has 3 aromatic rings. The fourth-order valence-corrected chi connectivity index (χ4v) is 3.94. The average Bonchev–Trinajstić information content (AvgIpc) is 3.26. The van der Waals surface area contributed by atoms with Crippen molar-refractivity contribution in [1.29, 1.82) is 0 Å². The lowest BCUT2D eigenvalue weighted by atomic mass is 10.1. The average molecular weight is 513 g/mol. The van der Waals surface area contributed by atoms with Crippen LogP contribution >= 0.6 is 11.8 Å². The molecule has 1 aromatic heterocycles. The van der Waals surface area contributed by atoms with Crippen LogP contribution < -0.4 is 10.1 Å². The lowest BCUT2D eigenvalue weighted by molar-refractivity contribution is -0.113. The highest BCUT2D eigenvalue weighted by Crippen LogP contribution is 2.25. The number of nitrogens with one attached hydrogen (secondary N) is 1. The number of hydrogen-bond donors (Lipinski definition) is 1. The molecular weight excluding hydrogens is 484 g/mol. The first-order chi connectivity index (χ1) is 17.4. The van der Waals surface area contributed by atoms with Crippen LogP contribution in [0.1, 0.15) is 40.5 Å². The van der Waals surface area contributed by atoms with E-state index in [9.17, 15) is 14.4 Å². The van der Waals surface area contributed by atoms with Gasteiger partial charge in [-0.05, 0) is 48.9 Å². The molecular formula is C25H28N4O6S. The van der Waals surface area contributed by atoms with Crippen molar-refractivity contribution in [1.82, 2.24) is 14.8 Å². The molecule has 0 aliphatic carbocycles. The first kappa shape index (κ1) is 26.7. The number of rotatable bonds is 11. The topological polar surface area (TPSA) is 122 Å². The third kappa shape index (κ3) is 6.85. The predicted molar refractivity (Wildman–Crippen MR) is 135 cm³/mol. The molecule has 190 valence electrons. The Morgan fingerprint density at radius 1 is 0.972 bits per heavy atom. The van der Waals surface area contributed by atoms with Gasteiger partial charge in [-0.25, -0.2) is 9.59 Å². The van der Waals surface area contributed by atoms with E-state index in [0.29, 0.717) is 17.6 Å². The zero-order chi connectivity index (χ0) is 26.1. The summed E-state index contributed by atoms with van der Waals surface area (Å²) in [6.45, 7) is 2.79. The van der Waals surface area contributed by atoms with Crippen molar-refractivity contribution in [3.63, 3.8) is 0 Å². The largest absolute Gasteiger partial charge is 0.494 e. The van der Waals surface area contributed by atoms with E-state index in [4.69, 9.17) is 14.2 Å². The number of anilines is 1. The minimum absolute atomic E-state index is 0.0339. The highest BCUT2D eigenvalue weighted by atomic mass is 32.2. The fraction of sp³-hybridized carbons (Fsp3) is 0.320. The molecule has 0 unspecified atom stereocenters. The van der Waals surface area contributed by atoms with Crippen molar-refractivity contribution >= 4 is 35.3 Å². The number of carbonyl (C=O) groups is 3. The minimum atomic E-state index is -0.641. The van der Waals surface area contributed by atoms with Gasteiger partial charge >= 0.3 is 11.9 Å². The van der Waals surface area contributed by atoms with E-state index in [1.165, 1.54) is 44.2 Å². The van der Waals surface area contributed by atoms with Gasteiger partial charge < -0.3 is 24.1 Å². The summed E-state index contributed by atoms with van der Waals surface area (Å²) in [5, 5.41) is 11.7. The number of nitrogens with zero attached hydrogens (tertiary/aromatic N) is 3. The number of benzene rings is 2. The molecule has 0 bridgehead atoms. The number of amides is 1. The second-order valence-corrected chi connectivity index (χ2v) is 8.65. The Hall–Kier alpha value is -3.86. The van der Waals surface area contributed by atoms with E-state index < -0.39 is 11.9 Å². The lowest BCUT2D eigenvalue weighted by Gasteiger charge is -2.09. The SMILES string of the molecule is CCCCOc1ccc(-c2nnc(SCC(=O)Nc3cc(C(=O)OC)cc(C(=O)OC)c3)n2C)cc1. The monoisotopic (exact) mass is 512 g/mol. The molecule has 1 amide bonds. The minimum Gasteiger partial charge on any atom is -0.494 e. The quantitative estimate of drug-likeness (QED) is 0.231. The Balaban J connectivity index is 1.65. The zero-order valence-electron chi connectivity index (χ0n) is 20.6. The van der Waals surface area contributed by atoms with Crippen LogP contribution in [0.3, 0.4) is 0 Å². The molecule has 1 heterocycles. The lowest BCUT2D eigenvalue weighted by Crippen LogP contribution is -2.16.